The van der Waals surface area contributed by atoms with Gasteiger partial charge in [-0.25, -0.2) is 9.97 Å². The van der Waals surface area contributed by atoms with Crippen LogP contribution >= 0.6 is 11.6 Å². The van der Waals surface area contributed by atoms with E-state index in [0.29, 0.717) is 28.4 Å². The van der Waals surface area contributed by atoms with Crippen LogP contribution in [0.25, 0.3) is 0 Å². The molecule has 22 heavy (non-hydrogen) atoms. The number of anilines is 1. The first kappa shape index (κ1) is 15.1. The Bertz CT molecular complexity index is 613. The van der Waals surface area contributed by atoms with Gasteiger partial charge in [0.05, 0.1) is 12.3 Å². The van der Waals surface area contributed by atoms with Crippen LogP contribution in [0.1, 0.15) is 25.7 Å². The molecular weight excluding hydrogens is 302 g/mol. The summed E-state index contributed by atoms with van der Waals surface area (Å²) >= 11 is 5.87. The standard InChI is InChI=1S/C16H18ClN3O2/c17-11-1-7-14(8-2-11)22-15-9-18-10-19-16(15)20-12-3-5-13(21)6-4-12/h1-2,7-10,12-13,21H,3-6H2,(H,18,19,20)/t12-,13-. The Kier molecular flexibility index (Phi) is 4.75. The molecular formula is C16H18ClN3O2. The number of nitrogens with one attached hydrogen (secondary N) is 1. The summed E-state index contributed by atoms with van der Waals surface area (Å²) in [5, 5.41) is 13.6. The zero-order valence-corrected chi connectivity index (χ0v) is 12.8. The van der Waals surface area contributed by atoms with E-state index in [-0.39, 0.29) is 6.10 Å². The molecule has 0 amide bonds. The molecule has 0 saturated heterocycles. The lowest BCUT2D eigenvalue weighted by atomic mass is 9.93. The van der Waals surface area contributed by atoms with E-state index in [4.69, 9.17) is 16.3 Å². The first-order valence-electron chi connectivity index (χ1n) is 7.39. The Morgan fingerprint density at radius 1 is 1.14 bits per heavy atom. The molecule has 1 aliphatic carbocycles. The lowest BCUT2D eigenvalue weighted by Crippen LogP contribution is -2.28. The normalized spacial score (nSPS) is 21.4. The van der Waals surface area contributed by atoms with E-state index in [9.17, 15) is 5.11 Å². The minimum atomic E-state index is -0.173. The lowest BCUT2D eigenvalue weighted by Gasteiger charge is -2.27. The van der Waals surface area contributed by atoms with Crippen LogP contribution in [-0.4, -0.2) is 27.2 Å². The highest BCUT2D eigenvalue weighted by molar-refractivity contribution is 6.30. The second kappa shape index (κ2) is 6.94. The van der Waals surface area contributed by atoms with Crippen molar-refractivity contribution >= 4 is 17.4 Å². The predicted octanol–water partition coefficient (Wildman–Crippen LogP) is 3.64. The molecule has 116 valence electrons. The van der Waals surface area contributed by atoms with Crippen LogP contribution in [0.3, 0.4) is 0 Å². The smallest absolute Gasteiger partial charge is 0.187 e. The number of halogens is 1. The van der Waals surface area contributed by atoms with Gasteiger partial charge in [-0.3, -0.25) is 0 Å². The number of rotatable bonds is 4. The SMILES string of the molecule is O[C@H]1CC[C@H](Nc2ncncc2Oc2ccc(Cl)cc2)CC1. The Hall–Kier alpha value is -1.85. The molecule has 1 fully saturated rings. The van der Waals surface area contributed by atoms with E-state index >= 15 is 0 Å². The van der Waals surface area contributed by atoms with Gasteiger partial charge in [-0.05, 0) is 49.9 Å². The van der Waals surface area contributed by atoms with Gasteiger partial charge in [0.15, 0.2) is 11.6 Å². The van der Waals surface area contributed by atoms with E-state index in [1.165, 1.54) is 6.33 Å². The Morgan fingerprint density at radius 2 is 1.86 bits per heavy atom. The van der Waals surface area contributed by atoms with Crippen LogP contribution in [0.15, 0.2) is 36.8 Å². The summed E-state index contributed by atoms with van der Waals surface area (Å²) in [4.78, 5) is 8.29. The van der Waals surface area contributed by atoms with Gasteiger partial charge in [0.1, 0.15) is 12.1 Å². The number of benzene rings is 1. The van der Waals surface area contributed by atoms with E-state index < -0.39 is 0 Å². The van der Waals surface area contributed by atoms with Crippen molar-refractivity contribution in [1.82, 2.24) is 9.97 Å². The summed E-state index contributed by atoms with van der Waals surface area (Å²) in [6.07, 6.45) is 6.44. The highest BCUT2D eigenvalue weighted by Crippen LogP contribution is 2.30. The van der Waals surface area contributed by atoms with E-state index in [2.05, 4.69) is 15.3 Å². The number of ether oxygens (including phenoxy) is 1. The van der Waals surface area contributed by atoms with Crippen LogP contribution in [0, 0.1) is 0 Å². The molecule has 3 rings (SSSR count). The summed E-state index contributed by atoms with van der Waals surface area (Å²) in [6, 6.07) is 7.45. The van der Waals surface area contributed by atoms with Gasteiger partial charge in [-0.1, -0.05) is 11.6 Å². The van der Waals surface area contributed by atoms with Crippen LogP contribution in [-0.2, 0) is 0 Å². The van der Waals surface area contributed by atoms with Gasteiger partial charge >= 0.3 is 0 Å². The Morgan fingerprint density at radius 3 is 2.59 bits per heavy atom. The molecule has 1 aromatic carbocycles. The van der Waals surface area contributed by atoms with Crippen molar-refractivity contribution in [3.8, 4) is 11.5 Å². The van der Waals surface area contributed by atoms with Crippen LogP contribution < -0.4 is 10.1 Å². The fourth-order valence-corrected chi connectivity index (χ4v) is 2.67. The fourth-order valence-electron chi connectivity index (χ4n) is 2.54. The number of aliphatic hydroxyl groups is 1. The highest BCUT2D eigenvalue weighted by atomic mass is 35.5. The number of nitrogens with zero attached hydrogens (tertiary/aromatic N) is 2. The third-order valence-corrected chi connectivity index (χ3v) is 4.01. The van der Waals surface area contributed by atoms with Crippen molar-refractivity contribution in [2.24, 2.45) is 0 Å². The number of hydrogen-bond donors (Lipinski definition) is 2. The molecule has 0 unspecified atom stereocenters. The maximum Gasteiger partial charge on any atom is 0.187 e. The maximum absolute atomic E-state index is 9.58. The minimum absolute atomic E-state index is 0.173. The zero-order chi connectivity index (χ0) is 15.4. The van der Waals surface area contributed by atoms with Crippen molar-refractivity contribution in [3.63, 3.8) is 0 Å². The monoisotopic (exact) mass is 319 g/mol. The summed E-state index contributed by atoms with van der Waals surface area (Å²) in [6.45, 7) is 0. The number of hydrogen-bond acceptors (Lipinski definition) is 5. The summed E-state index contributed by atoms with van der Waals surface area (Å²) < 4.78 is 5.83. The zero-order valence-electron chi connectivity index (χ0n) is 12.1. The second-order valence-corrected chi connectivity index (χ2v) is 5.88. The topological polar surface area (TPSA) is 67.3 Å². The molecule has 1 aromatic heterocycles. The maximum atomic E-state index is 9.58. The Balaban J connectivity index is 1.71. The quantitative estimate of drug-likeness (QED) is 0.900. The van der Waals surface area contributed by atoms with Crippen molar-refractivity contribution in [3.05, 3.63) is 41.8 Å². The molecule has 0 spiro atoms. The second-order valence-electron chi connectivity index (χ2n) is 5.44. The van der Waals surface area contributed by atoms with Gasteiger partial charge in [0.25, 0.3) is 0 Å². The molecule has 0 bridgehead atoms. The molecule has 5 nitrogen and oxygen atoms in total. The van der Waals surface area contributed by atoms with Crippen LogP contribution in [0.4, 0.5) is 5.82 Å². The predicted molar refractivity (Wildman–Crippen MR) is 85.4 cm³/mol. The largest absolute Gasteiger partial charge is 0.452 e. The molecule has 0 radical (unpaired) electrons. The van der Waals surface area contributed by atoms with Gasteiger partial charge in [0.2, 0.25) is 0 Å². The summed E-state index contributed by atoms with van der Waals surface area (Å²) in [7, 11) is 0. The van der Waals surface area contributed by atoms with Crippen molar-refractivity contribution in [2.45, 2.75) is 37.8 Å². The van der Waals surface area contributed by atoms with Crippen LogP contribution in [0.2, 0.25) is 5.02 Å². The first-order chi connectivity index (χ1) is 10.7. The molecule has 1 saturated carbocycles. The fraction of sp³-hybridized carbons (Fsp3) is 0.375. The average molecular weight is 320 g/mol. The van der Waals surface area contributed by atoms with Crippen molar-refractivity contribution < 1.29 is 9.84 Å². The van der Waals surface area contributed by atoms with Gasteiger partial charge < -0.3 is 15.2 Å². The first-order valence-corrected chi connectivity index (χ1v) is 7.76. The molecule has 0 atom stereocenters. The van der Waals surface area contributed by atoms with E-state index in [1.807, 2.05) is 0 Å². The van der Waals surface area contributed by atoms with Crippen molar-refractivity contribution in [2.75, 3.05) is 5.32 Å². The molecule has 1 aliphatic rings. The van der Waals surface area contributed by atoms with Gasteiger partial charge in [-0.2, -0.15) is 0 Å². The van der Waals surface area contributed by atoms with E-state index in [0.717, 1.165) is 25.7 Å². The third-order valence-electron chi connectivity index (χ3n) is 3.76. The van der Waals surface area contributed by atoms with Gasteiger partial charge in [0, 0.05) is 11.1 Å². The molecule has 6 heteroatoms. The Labute approximate surface area is 134 Å². The average Bonchev–Trinajstić information content (AvgIpc) is 2.54. The highest BCUT2D eigenvalue weighted by Gasteiger charge is 2.20. The minimum Gasteiger partial charge on any atom is -0.452 e. The summed E-state index contributed by atoms with van der Waals surface area (Å²) in [5.74, 6) is 1.93. The van der Waals surface area contributed by atoms with Gasteiger partial charge in [-0.15, -0.1) is 0 Å². The molecule has 0 aliphatic heterocycles. The van der Waals surface area contributed by atoms with Crippen LogP contribution in [0.5, 0.6) is 11.5 Å². The molecule has 2 N–H and O–H groups in total. The lowest BCUT2D eigenvalue weighted by molar-refractivity contribution is 0.126. The van der Waals surface area contributed by atoms with Crippen molar-refractivity contribution in [1.29, 1.82) is 0 Å². The third kappa shape index (κ3) is 3.87. The van der Waals surface area contributed by atoms with E-state index in [1.54, 1.807) is 30.5 Å². The number of aliphatic hydroxyl groups excluding tert-OH is 1. The number of aromatic nitrogens is 2. The summed E-state index contributed by atoms with van der Waals surface area (Å²) in [5.41, 5.74) is 0. The molecule has 2 aromatic rings. The molecule has 1 heterocycles.